The number of hydrogen-bond acceptors (Lipinski definition) is 3. The molecule has 138 valence electrons. The molecule has 2 aromatic heterocycles. The lowest BCUT2D eigenvalue weighted by atomic mass is 9.98. The zero-order valence-corrected chi connectivity index (χ0v) is 15.6. The zero-order valence-electron chi connectivity index (χ0n) is 15.6. The summed E-state index contributed by atoms with van der Waals surface area (Å²) in [5, 5.41) is 0.525. The summed E-state index contributed by atoms with van der Waals surface area (Å²) in [4.78, 5) is 18.1. The summed E-state index contributed by atoms with van der Waals surface area (Å²) in [6.45, 7) is 0. The molecule has 0 amide bonds. The predicted octanol–water partition coefficient (Wildman–Crippen LogP) is 6.19. The minimum Gasteiger partial charge on any atom is -0.453 e. The molecular formula is C26H17NO2. The summed E-state index contributed by atoms with van der Waals surface area (Å²) in [5.41, 5.74) is 4.27. The molecule has 0 saturated carbocycles. The van der Waals surface area contributed by atoms with Crippen LogP contribution in [0.2, 0.25) is 0 Å². The maximum Gasteiger partial charge on any atom is 0.201 e. The fourth-order valence-corrected chi connectivity index (χ4v) is 3.58. The third kappa shape index (κ3) is 3.03. The van der Waals surface area contributed by atoms with Gasteiger partial charge in [0.2, 0.25) is 5.43 Å². The van der Waals surface area contributed by atoms with Gasteiger partial charge in [0, 0.05) is 17.3 Å². The standard InChI is InChI=1S/C26H17NO2/c28-24-21-16-17-27-23(19-12-6-2-7-13-19)26(21)29-25(20-14-8-3-9-15-20)22(24)18-10-4-1-5-11-18/h1-17H. The first-order valence-electron chi connectivity index (χ1n) is 9.45. The number of aromatic nitrogens is 1. The average Bonchev–Trinajstić information content (AvgIpc) is 2.80. The van der Waals surface area contributed by atoms with E-state index in [1.165, 1.54) is 0 Å². The van der Waals surface area contributed by atoms with Gasteiger partial charge in [0.25, 0.3) is 0 Å². The van der Waals surface area contributed by atoms with Crippen molar-refractivity contribution < 1.29 is 4.42 Å². The molecule has 29 heavy (non-hydrogen) atoms. The number of benzene rings is 3. The van der Waals surface area contributed by atoms with Crippen LogP contribution in [0.15, 0.2) is 112 Å². The maximum atomic E-state index is 13.6. The van der Waals surface area contributed by atoms with Crippen LogP contribution in [-0.2, 0) is 0 Å². The lowest BCUT2D eigenvalue weighted by Crippen LogP contribution is -2.08. The molecule has 0 saturated heterocycles. The fraction of sp³-hybridized carbons (Fsp3) is 0. The van der Waals surface area contributed by atoms with Crippen LogP contribution in [0.1, 0.15) is 0 Å². The zero-order chi connectivity index (χ0) is 19.6. The molecule has 0 atom stereocenters. The van der Waals surface area contributed by atoms with Crippen molar-refractivity contribution in [1.82, 2.24) is 4.98 Å². The van der Waals surface area contributed by atoms with E-state index in [1.807, 2.05) is 91.0 Å². The number of nitrogens with zero attached hydrogens (tertiary/aromatic N) is 1. The molecule has 3 aromatic carbocycles. The second kappa shape index (κ2) is 7.21. The van der Waals surface area contributed by atoms with Crippen LogP contribution in [0.5, 0.6) is 0 Å². The SMILES string of the molecule is O=c1c(-c2ccccc2)c(-c2ccccc2)oc2c(-c3ccccc3)nccc12. The minimum absolute atomic E-state index is 0.0594. The molecule has 0 unspecified atom stereocenters. The van der Waals surface area contributed by atoms with E-state index in [-0.39, 0.29) is 5.43 Å². The average molecular weight is 375 g/mol. The minimum atomic E-state index is -0.0594. The fourth-order valence-electron chi connectivity index (χ4n) is 3.58. The topological polar surface area (TPSA) is 43.1 Å². The van der Waals surface area contributed by atoms with Crippen molar-refractivity contribution in [3.05, 3.63) is 113 Å². The monoisotopic (exact) mass is 375 g/mol. The Morgan fingerprint density at radius 3 is 1.79 bits per heavy atom. The highest BCUT2D eigenvalue weighted by atomic mass is 16.3. The van der Waals surface area contributed by atoms with Crippen molar-refractivity contribution in [2.45, 2.75) is 0 Å². The molecule has 0 aliphatic rings. The Bertz CT molecular complexity index is 1340. The van der Waals surface area contributed by atoms with Gasteiger partial charge in [-0.3, -0.25) is 9.78 Å². The maximum absolute atomic E-state index is 13.6. The van der Waals surface area contributed by atoms with Gasteiger partial charge >= 0.3 is 0 Å². The van der Waals surface area contributed by atoms with Crippen molar-refractivity contribution in [3.8, 4) is 33.7 Å². The molecule has 2 heterocycles. The summed E-state index contributed by atoms with van der Waals surface area (Å²) < 4.78 is 6.44. The summed E-state index contributed by atoms with van der Waals surface area (Å²) in [6.07, 6.45) is 1.67. The van der Waals surface area contributed by atoms with Gasteiger partial charge in [-0.25, -0.2) is 0 Å². The van der Waals surface area contributed by atoms with Crippen LogP contribution >= 0.6 is 0 Å². The Labute approximate surface area is 167 Å². The summed E-state index contributed by atoms with van der Waals surface area (Å²) in [6, 6.07) is 30.9. The van der Waals surface area contributed by atoms with Crippen LogP contribution in [0.4, 0.5) is 0 Å². The first-order valence-corrected chi connectivity index (χ1v) is 9.45. The Balaban J connectivity index is 1.91. The largest absolute Gasteiger partial charge is 0.453 e. The third-order valence-corrected chi connectivity index (χ3v) is 4.95. The number of rotatable bonds is 3. The van der Waals surface area contributed by atoms with E-state index in [1.54, 1.807) is 12.3 Å². The highest BCUT2D eigenvalue weighted by Gasteiger charge is 2.20. The normalized spacial score (nSPS) is 10.9. The van der Waals surface area contributed by atoms with Gasteiger partial charge in [-0.1, -0.05) is 91.0 Å². The van der Waals surface area contributed by atoms with E-state index in [0.717, 1.165) is 16.7 Å². The highest BCUT2D eigenvalue weighted by Crippen LogP contribution is 2.35. The second-order valence-corrected chi connectivity index (χ2v) is 6.77. The van der Waals surface area contributed by atoms with Gasteiger partial charge in [-0.2, -0.15) is 0 Å². The van der Waals surface area contributed by atoms with Crippen LogP contribution in [0.3, 0.4) is 0 Å². The van der Waals surface area contributed by atoms with Crippen LogP contribution in [0.25, 0.3) is 44.7 Å². The smallest absolute Gasteiger partial charge is 0.201 e. The second-order valence-electron chi connectivity index (χ2n) is 6.77. The van der Waals surface area contributed by atoms with Crippen LogP contribution < -0.4 is 5.43 Å². The Morgan fingerprint density at radius 1 is 0.621 bits per heavy atom. The van der Waals surface area contributed by atoms with Crippen LogP contribution in [0, 0.1) is 0 Å². The van der Waals surface area contributed by atoms with Gasteiger partial charge in [-0.05, 0) is 11.6 Å². The molecular weight excluding hydrogens is 358 g/mol. The Morgan fingerprint density at radius 2 is 1.17 bits per heavy atom. The lowest BCUT2D eigenvalue weighted by molar-refractivity contribution is 0.620. The van der Waals surface area contributed by atoms with Crippen molar-refractivity contribution in [2.24, 2.45) is 0 Å². The Kier molecular flexibility index (Phi) is 4.26. The lowest BCUT2D eigenvalue weighted by Gasteiger charge is -2.12. The molecule has 0 radical (unpaired) electrons. The van der Waals surface area contributed by atoms with Gasteiger partial charge in [-0.15, -0.1) is 0 Å². The highest BCUT2D eigenvalue weighted by molar-refractivity contribution is 5.95. The summed E-state index contributed by atoms with van der Waals surface area (Å²) >= 11 is 0. The van der Waals surface area contributed by atoms with E-state index >= 15 is 0 Å². The number of hydrogen-bond donors (Lipinski definition) is 0. The molecule has 3 nitrogen and oxygen atoms in total. The summed E-state index contributed by atoms with van der Waals surface area (Å²) in [7, 11) is 0. The van der Waals surface area contributed by atoms with Gasteiger partial charge in [0.05, 0.1) is 10.9 Å². The van der Waals surface area contributed by atoms with E-state index < -0.39 is 0 Å². The first kappa shape index (κ1) is 17.1. The molecule has 0 N–H and O–H groups in total. The quantitative estimate of drug-likeness (QED) is 0.378. The Hall–Kier alpha value is -3.98. The molecule has 3 heteroatoms. The number of fused-ring (bicyclic) bond motifs is 1. The molecule has 0 spiro atoms. The van der Waals surface area contributed by atoms with E-state index in [0.29, 0.717) is 28.0 Å². The third-order valence-electron chi connectivity index (χ3n) is 4.95. The molecule has 5 aromatic rings. The van der Waals surface area contributed by atoms with E-state index in [2.05, 4.69) is 4.98 Å². The molecule has 0 fully saturated rings. The van der Waals surface area contributed by atoms with Gasteiger partial charge < -0.3 is 4.42 Å². The van der Waals surface area contributed by atoms with Gasteiger partial charge in [0.1, 0.15) is 11.5 Å². The van der Waals surface area contributed by atoms with Crippen molar-refractivity contribution in [3.63, 3.8) is 0 Å². The molecule has 0 aliphatic carbocycles. The van der Waals surface area contributed by atoms with Gasteiger partial charge in [0.15, 0.2) is 5.58 Å². The summed E-state index contributed by atoms with van der Waals surface area (Å²) in [5.74, 6) is 0.555. The van der Waals surface area contributed by atoms with E-state index in [9.17, 15) is 4.79 Å². The number of pyridine rings is 1. The van der Waals surface area contributed by atoms with E-state index in [4.69, 9.17) is 4.42 Å². The predicted molar refractivity (Wildman–Crippen MR) is 117 cm³/mol. The van der Waals surface area contributed by atoms with Crippen molar-refractivity contribution >= 4 is 11.0 Å². The molecule has 0 bridgehead atoms. The van der Waals surface area contributed by atoms with Crippen molar-refractivity contribution in [2.75, 3.05) is 0 Å². The van der Waals surface area contributed by atoms with Crippen molar-refractivity contribution in [1.29, 1.82) is 0 Å². The first-order chi connectivity index (χ1) is 14.3. The molecule has 5 rings (SSSR count). The molecule has 0 aliphatic heterocycles. The van der Waals surface area contributed by atoms with Crippen LogP contribution in [-0.4, -0.2) is 4.98 Å².